The lowest BCUT2D eigenvalue weighted by Gasteiger charge is -2.32. The first-order chi connectivity index (χ1) is 11.1. The highest BCUT2D eigenvalue weighted by atomic mass is 32.1. The van der Waals surface area contributed by atoms with Gasteiger partial charge in [-0.05, 0) is 43.6 Å². The summed E-state index contributed by atoms with van der Waals surface area (Å²) >= 11 is 1.62. The van der Waals surface area contributed by atoms with Gasteiger partial charge in [-0.2, -0.15) is 0 Å². The van der Waals surface area contributed by atoms with E-state index in [-0.39, 0.29) is 24.5 Å². The lowest BCUT2D eigenvalue weighted by atomic mass is 9.85. The van der Waals surface area contributed by atoms with E-state index in [4.69, 9.17) is 0 Å². The van der Waals surface area contributed by atoms with Crippen molar-refractivity contribution in [2.24, 2.45) is 5.92 Å². The molecule has 126 valence electrons. The minimum Gasteiger partial charge on any atom is -0.480 e. The average Bonchev–Trinajstić information content (AvgIpc) is 3.15. The summed E-state index contributed by atoms with van der Waals surface area (Å²) in [4.78, 5) is 27.0. The van der Waals surface area contributed by atoms with Crippen LogP contribution in [0.25, 0.3) is 0 Å². The fraction of sp³-hybridized carbons (Fsp3) is 0.647. The van der Waals surface area contributed by atoms with E-state index in [1.807, 2.05) is 29.3 Å². The Labute approximate surface area is 140 Å². The van der Waals surface area contributed by atoms with Gasteiger partial charge in [0.25, 0.3) is 0 Å². The third-order valence-corrected chi connectivity index (χ3v) is 6.23. The van der Waals surface area contributed by atoms with Gasteiger partial charge in [-0.1, -0.05) is 18.9 Å². The zero-order chi connectivity index (χ0) is 16.4. The maximum absolute atomic E-state index is 12.4. The molecule has 3 rings (SSSR count). The van der Waals surface area contributed by atoms with Crippen molar-refractivity contribution < 1.29 is 14.7 Å². The van der Waals surface area contributed by atoms with E-state index in [1.165, 1.54) is 6.42 Å². The van der Waals surface area contributed by atoms with Crippen LogP contribution >= 0.6 is 11.3 Å². The molecule has 1 aliphatic heterocycles. The van der Waals surface area contributed by atoms with Gasteiger partial charge in [0.15, 0.2) is 0 Å². The van der Waals surface area contributed by atoms with E-state index in [9.17, 15) is 14.7 Å². The molecule has 1 saturated heterocycles. The van der Waals surface area contributed by atoms with Crippen molar-refractivity contribution in [2.75, 3.05) is 6.54 Å². The number of hydrogen-bond donors (Lipinski definition) is 2. The number of fused-ring (bicyclic) bond motifs is 1. The van der Waals surface area contributed by atoms with Crippen LogP contribution in [0.15, 0.2) is 17.5 Å². The van der Waals surface area contributed by atoms with Crippen LogP contribution in [0.3, 0.4) is 0 Å². The second-order valence-corrected chi connectivity index (χ2v) is 7.66. The molecule has 2 heterocycles. The fourth-order valence-corrected chi connectivity index (χ4v) is 4.82. The molecule has 23 heavy (non-hydrogen) atoms. The van der Waals surface area contributed by atoms with Gasteiger partial charge in [0.05, 0.1) is 12.6 Å². The van der Waals surface area contributed by atoms with Crippen molar-refractivity contribution in [2.45, 2.75) is 57.2 Å². The molecule has 0 radical (unpaired) electrons. The summed E-state index contributed by atoms with van der Waals surface area (Å²) in [5.74, 6) is -0.436. The lowest BCUT2D eigenvalue weighted by molar-refractivity contribution is -0.143. The molecule has 6 heteroatoms. The van der Waals surface area contributed by atoms with E-state index in [0.29, 0.717) is 12.3 Å². The van der Waals surface area contributed by atoms with Crippen LogP contribution in [0.4, 0.5) is 0 Å². The first kappa shape index (κ1) is 16.5. The number of thiophene rings is 1. The van der Waals surface area contributed by atoms with Crippen LogP contribution in [0, 0.1) is 5.92 Å². The summed E-state index contributed by atoms with van der Waals surface area (Å²) in [7, 11) is 0. The Kier molecular flexibility index (Phi) is 5.02. The average molecular weight is 336 g/mol. The molecule has 1 aromatic heterocycles. The van der Waals surface area contributed by atoms with E-state index >= 15 is 0 Å². The number of carboxylic acids is 1. The van der Waals surface area contributed by atoms with E-state index < -0.39 is 12.0 Å². The molecule has 0 bridgehead atoms. The third kappa shape index (κ3) is 3.58. The Morgan fingerprint density at radius 2 is 2.22 bits per heavy atom. The van der Waals surface area contributed by atoms with Crippen molar-refractivity contribution in [3.63, 3.8) is 0 Å². The number of nitrogens with one attached hydrogen (secondary N) is 1. The minimum atomic E-state index is -0.793. The number of hydrogen-bond acceptors (Lipinski definition) is 4. The summed E-state index contributed by atoms with van der Waals surface area (Å²) < 4.78 is 0. The highest BCUT2D eigenvalue weighted by Gasteiger charge is 2.45. The van der Waals surface area contributed by atoms with Crippen molar-refractivity contribution in [1.82, 2.24) is 10.2 Å². The molecule has 5 nitrogen and oxygen atoms in total. The van der Waals surface area contributed by atoms with Gasteiger partial charge in [0.1, 0.15) is 6.04 Å². The Morgan fingerprint density at radius 1 is 1.43 bits per heavy atom. The molecule has 0 aromatic carbocycles. The minimum absolute atomic E-state index is 0.0319. The number of nitrogens with zero attached hydrogens (tertiary/aromatic N) is 1. The van der Waals surface area contributed by atoms with Gasteiger partial charge < -0.3 is 10.4 Å². The molecule has 1 amide bonds. The molecular weight excluding hydrogens is 312 g/mol. The maximum atomic E-state index is 12.4. The molecule has 0 unspecified atom stereocenters. The Morgan fingerprint density at radius 3 is 2.91 bits per heavy atom. The summed E-state index contributed by atoms with van der Waals surface area (Å²) in [6.07, 6.45) is 5.12. The Bertz CT molecular complexity index is 560. The molecule has 1 saturated carbocycles. The molecule has 2 aliphatic rings. The van der Waals surface area contributed by atoms with E-state index in [2.05, 4.69) is 5.32 Å². The number of amides is 1. The van der Waals surface area contributed by atoms with Crippen molar-refractivity contribution in [1.29, 1.82) is 0 Å². The summed E-state index contributed by atoms with van der Waals surface area (Å²) in [5, 5.41) is 14.5. The number of carbonyl (C=O) groups is 2. The van der Waals surface area contributed by atoms with Crippen molar-refractivity contribution in [3.8, 4) is 0 Å². The summed E-state index contributed by atoms with van der Waals surface area (Å²) in [6.45, 7) is 2.15. The fourth-order valence-electron chi connectivity index (χ4n) is 4.08. The Balaban J connectivity index is 1.64. The van der Waals surface area contributed by atoms with Gasteiger partial charge >= 0.3 is 5.97 Å². The van der Waals surface area contributed by atoms with Gasteiger partial charge in [-0.25, -0.2) is 0 Å². The standard InChI is InChI=1S/C17H24N2O3S/c1-11(15-7-4-8-23-15)18-16(20)10-19-13-6-3-2-5-12(13)9-14(19)17(21)22/h4,7-8,11-14H,2-3,5-6,9-10H2,1H3,(H,18,20)(H,21,22)/t11-,12+,13-,14-/m0/s1. The highest BCUT2D eigenvalue weighted by molar-refractivity contribution is 7.10. The number of carboxylic acid groups (broad SMARTS) is 1. The quantitative estimate of drug-likeness (QED) is 0.867. The predicted molar refractivity (Wildman–Crippen MR) is 89.4 cm³/mol. The predicted octanol–water partition coefficient (Wildman–Crippen LogP) is 2.64. The topological polar surface area (TPSA) is 69.6 Å². The van der Waals surface area contributed by atoms with Crippen LogP contribution in [-0.4, -0.2) is 40.5 Å². The van der Waals surface area contributed by atoms with Crippen LogP contribution in [-0.2, 0) is 9.59 Å². The largest absolute Gasteiger partial charge is 0.480 e. The number of likely N-dealkylation sites (tertiary alicyclic amines) is 1. The van der Waals surface area contributed by atoms with E-state index in [0.717, 1.165) is 24.1 Å². The molecular formula is C17H24N2O3S. The zero-order valence-electron chi connectivity index (χ0n) is 13.4. The first-order valence-electron chi connectivity index (χ1n) is 8.37. The SMILES string of the molecule is C[C@H](NC(=O)CN1[C@H](C(=O)O)C[C@H]2CCCC[C@@H]21)c1cccs1. The van der Waals surface area contributed by atoms with Gasteiger partial charge in [-0.15, -0.1) is 11.3 Å². The second kappa shape index (κ2) is 7.01. The zero-order valence-corrected chi connectivity index (χ0v) is 14.2. The molecule has 2 fully saturated rings. The smallest absolute Gasteiger partial charge is 0.320 e. The number of aliphatic carboxylic acids is 1. The summed E-state index contributed by atoms with van der Waals surface area (Å²) in [6, 6.07) is 3.69. The van der Waals surface area contributed by atoms with Crippen LogP contribution in [0.5, 0.6) is 0 Å². The van der Waals surface area contributed by atoms with Crippen molar-refractivity contribution in [3.05, 3.63) is 22.4 Å². The van der Waals surface area contributed by atoms with E-state index in [1.54, 1.807) is 11.3 Å². The Hall–Kier alpha value is -1.40. The van der Waals surface area contributed by atoms with Crippen LogP contribution in [0.1, 0.15) is 49.9 Å². The highest BCUT2D eigenvalue weighted by Crippen LogP contribution is 2.39. The van der Waals surface area contributed by atoms with Gasteiger partial charge in [-0.3, -0.25) is 14.5 Å². The molecule has 0 spiro atoms. The maximum Gasteiger partial charge on any atom is 0.320 e. The molecule has 1 aromatic rings. The molecule has 1 aliphatic carbocycles. The van der Waals surface area contributed by atoms with Gasteiger partial charge in [0, 0.05) is 10.9 Å². The van der Waals surface area contributed by atoms with Crippen LogP contribution in [0.2, 0.25) is 0 Å². The second-order valence-electron chi connectivity index (χ2n) is 6.68. The first-order valence-corrected chi connectivity index (χ1v) is 9.25. The molecule has 2 N–H and O–H groups in total. The number of carbonyl (C=O) groups excluding carboxylic acids is 1. The summed E-state index contributed by atoms with van der Waals surface area (Å²) in [5.41, 5.74) is 0. The van der Waals surface area contributed by atoms with Gasteiger partial charge in [0.2, 0.25) is 5.91 Å². The lowest BCUT2D eigenvalue weighted by Crippen LogP contribution is -2.47. The van der Waals surface area contributed by atoms with Crippen molar-refractivity contribution >= 4 is 23.2 Å². The van der Waals surface area contributed by atoms with Crippen LogP contribution < -0.4 is 5.32 Å². The molecule has 4 atom stereocenters. The number of rotatable bonds is 5. The normalized spacial score (nSPS) is 29.0. The third-order valence-electron chi connectivity index (χ3n) is 5.18. The monoisotopic (exact) mass is 336 g/mol.